The summed E-state index contributed by atoms with van der Waals surface area (Å²) in [5, 5.41) is 5.95. The van der Waals surface area contributed by atoms with Gasteiger partial charge in [-0.3, -0.25) is 5.32 Å². The predicted octanol–water partition coefficient (Wildman–Crippen LogP) is 5.35. The van der Waals surface area contributed by atoms with Crippen LogP contribution in [0, 0.1) is 0 Å². The van der Waals surface area contributed by atoms with Gasteiger partial charge in [-0.25, -0.2) is 22.2 Å². The normalized spacial score (nSPS) is 12.1. The summed E-state index contributed by atoms with van der Waals surface area (Å²) < 4.78 is 32.6. The molecule has 160 valence electrons. The van der Waals surface area contributed by atoms with Crippen LogP contribution in [0.3, 0.4) is 0 Å². The summed E-state index contributed by atoms with van der Waals surface area (Å²) in [5.74, 6) is 0. The van der Waals surface area contributed by atoms with E-state index in [1.165, 1.54) is 21.5 Å². The smallest absolute Gasteiger partial charge is 0.412 e. The number of fused-ring (bicyclic) bond motifs is 1. The lowest BCUT2D eigenvalue weighted by Crippen LogP contribution is -2.26. The van der Waals surface area contributed by atoms with Crippen molar-refractivity contribution < 1.29 is 17.9 Å². The van der Waals surface area contributed by atoms with E-state index in [4.69, 9.17) is 4.74 Å². The number of ether oxygens (including phenoxy) is 1. The zero-order valence-electron chi connectivity index (χ0n) is 17.2. The van der Waals surface area contributed by atoms with Crippen LogP contribution < -0.4 is 5.32 Å². The van der Waals surface area contributed by atoms with Gasteiger partial charge in [-0.2, -0.15) is 0 Å². The molecule has 0 unspecified atom stereocenters. The largest absolute Gasteiger partial charge is 0.444 e. The highest BCUT2D eigenvalue weighted by molar-refractivity contribution is 7.90. The summed E-state index contributed by atoms with van der Waals surface area (Å²) in [6.07, 6.45) is 2.56. The molecule has 0 aliphatic rings. The van der Waals surface area contributed by atoms with Crippen LogP contribution in [-0.2, 0) is 14.8 Å². The molecule has 0 fully saturated rings. The van der Waals surface area contributed by atoms with Crippen molar-refractivity contribution in [1.82, 2.24) is 8.96 Å². The fourth-order valence-electron chi connectivity index (χ4n) is 3.11. The lowest BCUT2D eigenvalue weighted by atomic mass is 10.1. The third-order valence-corrected chi connectivity index (χ3v) is 6.92. The van der Waals surface area contributed by atoms with Crippen LogP contribution in [0.15, 0.2) is 71.2 Å². The molecule has 4 aromatic rings. The second-order valence-electron chi connectivity index (χ2n) is 7.85. The Bertz CT molecular complexity index is 1350. The summed E-state index contributed by atoms with van der Waals surface area (Å²) in [5.41, 5.74) is 1.42. The molecule has 0 bridgehead atoms. The summed E-state index contributed by atoms with van der Waals surface area (Å²) in [4.78, 5) is 16.5. The Morgan fingerprint density at radius 1 is 1.13 bits per heavy atom. The molecule has 9 heteroatoms. The van der Waals surface area contributed by atoms with E-state index < -0.39 is 21.7 Å². The molecule has 0 aliphatic heterocycles. The molecule has 0 saturated heterocycles. The van der Waals surface area contributed by atoms with E-state index in [9.17, 15) is 13.2 Å². The number of hydrogen-bond acceptors (Lipinski definition) is 6. The van der Waals surface area contributed by atoms with Crippen molar-refractivity contribution in [3.05, 3.63) is 66.3 Å². The van der Waals surface area contributed by atoms with E-state index in [2.05, 4.69) is 10.3 Å². The summed E-state index contributed by atoms with van der Waals surface area (Å²) in [7, 11) is -3.77. The van der Waals surface area contributed by atoms with Gasteiger partial charge in [0.1, 0.15) is 5.60 Å². The van der Waals surface area contributed by atoms with Gasteiger partial charge in [0, 0.05) is 23.2 Å². The first-order valence-corrected chi connectivity index (χ1v) is 11.8. The maximum Gasteiger partial charge on any atom is 0.412 e. The van der Waals surface area contributed by atoms with Gasteiger partial charge in [0.15, 0.2) is 5.65 Å². The molecule has 7 nitrogen and oxygen atoms in total. The number of amides is 1. The standard InChI is InChI=1S/C22H21N3O4S2/c1-22(2,3)29-21(26)24-19-13-15(14-30-19)17-9-11-23-20-18(17)10-12-25(20)31(27,28)16-7-5-4-6-8-16/h4-14H,1-3H3,(H,24,26). The molecular formula is C22H21N3O4S2. The number of carbonyl (C=O) groups is 1. The van der Waals surface area contributed by atoms with Gasteiger partial charge in [-0.15, -0.1) is 11.3 Å². The number of benzene rings is 1. The third kappa shape index (κ3) is 4.33. The molecule has 0 saturated carbocycles. The number of carbonyl (C=O) groups excluding carboxylic acids is 1. The summed E-state index contributed by atoms with van der Waals surface area (Å²) in [6, 6.07) is 13.6. The highest BCUT2D eigenvalue weighted by Gasteiger charge is 2.21. The Morgan fingerprint density at radius 2 is 1.87 bits per heavy atom. The quantitative estimate of drug-likeness (QED) is 0.448. The average molecular weight is 456 g/mol. The molecule has 0 atom stereocenters. The second kappa shape index (κ2) is 7.82. The second-order valence-corrected chi connectivity index (χ2v) is 10.6. The van der Waals surface area contributed by atoms with Crippen LogP contribution in [0.5, 0.6) is 0 Å². The first-order chi connectivity index (χ1) is 14.6. The molecule has 0 spiro atoms. The first-order valence-electron chi connectivity index (χ1n) is 9.51. The van der Waals surface area contributed by atoms with Crippen LogP contribution in [0.1, 0.15) is 20.8 Å². The fourth-order valence-corrected chi connectivity index (χ4v) is 5.22. The highest BCUT2D eigenvalue weighted by atomic mass is 32.2. The molecule has 1 amide bonds. The topological polar surface area (TPSA) is 90.3 Å². The Balaban J connectivity index is 1.68. The molecule has 31 heavy (non-hydrogen) atoms. The van der Waals surface area contributed by atoms with E-state index >= 15 is 0 Å². The van der Waals surface area contributed by atoms with E-state index in [0.717, 1.165) is 11.1 Å². The fraction of sp³-hybridized carbons (Fsp3) is 0.182. The zero-order chi connectivity index (χ0) is 22.2. The van der Waals surface area contributed by atoms with Crippen LogP contribution in [0.25, 0.3) is 22.2 Å². The predicted molar refractivity (Wildman–Crippen MR) is 122 cm³/mol. The van der Waals surface area contributed by atoms with Crippen molar-refractivity contribution in [1.29, 1.82) is 0 Å². The van der Waals surface area contributed by atoms with E-state index in [1.54, 1.807) is 63.4 Å². The van der Waals surface area contributed by atoms with Crippen molar-refractivity contribution in [2.24, 2.45) is 0 Å². The van der Waals surface area contributed by atoms with E-state index in [-0.39, 0.29) is 4.90 Å². The molecular weight excluding hydrogens is 434 g/mol. The number of aromatic nitrogens is 2. The Kier molecular flexibility index (Phi) is 5.32. The third-order valence-electron chi connectivity index (χ3n) is 4.39. The lowest BCUT2D eigenvalue weighted by molar-refractivity contribution is 0.0636. The molecule has 3 aromatic heterocycles. The maximum absolute atomic E-state index is 13.1. The van der Waals surface area contributed by atoms with Crippen molar-refractivity contribution >= 4 is 43.5 Å². The number of pyridine rings is 1. The minimum Gasteiger partial charge on any atom is -0.444 e. The average Bonchev–Trinajstić information content (AvgIpc) is 3.34. The lowest BCUT2D eigenvalue weighted by Gasteiger charge is -2.19. The van der Waals surface area contributed by atoms with Gasteiger partial charge in [0.25, 0.3) is 10.0 Å². The van der Waals surface area contributed by atoms with Gasteiger partial charge >= 0.3 is 6.09 Å². The Morgan fingerprint density at radius 3 is 2.58 bits per heavy atom. The van der Waals surface area contributed by atoms with Crippen molar-refractivity contribution in [3.8, 4) is 11.1 Å². The molecule has 0 radical (unpaired) electrons. The van der Waals surface area contributed by atoms with Crippen LogP contribution >= 0.6 is 11.3 Å². The molecule has 4 rings (SSSR count). The first kappa shape index (κ1) is 21.1. The maximum atomic E-state index is 13.1. The number of hydrogen-bond donors (Lipinski definition) is 1. The zero-order valence-corrected chi connectivity index (χ0v) is 18.8. The van der Waals surface area contributed by atoms with Gasteiger partial charge in [0.2, 0.25) is 0 Å². The van der Waals surface area contributed by atoms with Gasteiger partial charge in [-0.05, 0) is 62.2 Å². The molecule has 0 aliphatic carbocycles. The van der Waals surface area contributed by atoms with Gasteiger partial charge < -0.3 is 4.74 Å². The monoisotopic (exact) mass is 455 g/mol. The van der Waals surface area contributed by atoms with Gasteiger partial charge in [0.05, 0.1) is 9.90 Å². The molecule has 3 heterocycles. The molecule has 1 N–H and O–H groups in total. The Labute approximate surface area is 184 Å². The SMILES string of the molecule is CC(C)(C)OC(=O)Nc1cc(-c2ccnc3c2ccn3S(=O)(=O)c2ccccc2)cs1. The number of thiophene rings is 1. The Hall–Kier alpha value is -3.17. The van der Waals surface area contributed by atoms with Crippen molar-refractivity contribution in [3.63, 3.8) is 0 Å². The number of anilines is 1. The number of rotatable bonds is 4. The van der Waals surface area contributed by atoms with E-state index in [1.807, 2.05) is 17.5 Å². The minimum atomic E-state index is -3.77. The van der Waals surface area contributed by atoms with Crippen LogP contribution in [-0.4, -0.2) is 29.1 Å². The van der Waals surface area contributed by atoms with Crippen LogP contribution in [0.4, 0.5) is 9.80 Å². The number of nitrogens with zero attached hydrogens (tertiary/aromatic N) is 2. The number of nitrogens with one attached hydrogen (secondary N) is 1. The van der Waals surface area contributed by atoms with Crippen molar-refractivity contribution in [2.75, 3.05) is 5.32 Å². The summed E-state index contributed by atoms with van der Waals surface area (Å²) in [6.45, 7) is 5.40. The molecule has 1 aromatic carbocycles. The summed E-state index contributed by atoms with van der Waals surface area (Å²) >= 11 is 1.36. The van der Waals surface area contributed by atoms with Crippen LogP contribution in [0.2, 0.25) is 0 Å². The van der Waals surface area contributed by atoms with Crippen molar-refractivity contribution in [2.45, 2.75) is 31.3 Å². The van der Waals surface area contributed by atoms with E-state index in [0.29, 0.717) is 16.0 Å². The van der Waals surface area contributed by atoms with Gasteiger partial charge in [-0.1, -0.05) is 18.2 Å². The minimum absolute atomic E-state index is 0.194. The highest BCUT2D eigenvalue weighted by Crippen LogP contribution is 2.34.